The van der Waals surface area contributed by atoms with Crippen molar-refractivity contribution in [3.8, 4) is 0 Å². The molecule has 2 rings (SSSR count). The van der Waals surface area contributed by atoms with Crippen LogP contribution in [0.2, 0.25) is 0 Å². The van der Waals surface area contributed by atoms with Gasteiger partial charge in [-0.25, -0.2) is 0 Å². The Morgan fingerprint density at radius 2 is 1.72 bits per heavy atom. The third kappa shape index (κ3) is 5.12. The topological polar surface area (TPSA) is 80.3 Å². The molecular weight excluding hydrogens is 318 g/mol. The number of para-hydroxylation sites is 1. The summed E-state index contributed by atoms with van der Waals surface area (Å²) in [6.07, 6.45) is 3.62. The highest BCUT2D eigenvalue weighted by Gasteiger charge is 2.13. The molecule has 6 heteroatoms. The Morgan fingerprint density at radius 3 is 2.36 bits per heavy atom. The molecular formula is C19H23N3O3. The van der Waals surface area contributed by atoms with E-state index in [4.69, 9.17) is 4.74 Å². The van der Waals surface area contributed by atoms with Gasteiger partial charge in [-0.2, -0.15) is 0 Å². The summed E-state index contributed by atoms with van der Waals surface area (Å²) in [7, 11) is 1.62. The number of aryl methyl sites for hydroxylation is 2. The average Bonchev–Trinajstić information content (AvgIpc) is 2.61. The minimum absolute atomic E-state index is 0.259. The van der Waals surface area contributed by atoms with Gasteiger partial charge in [-0.1, -0.05) is 18.2 Å². The van der Waals surface area contributed by atoms with Crippen LogP contribution in [0.1, 0.15) is 38.3 Å². The molecule has 0 aliphatic carbocycles. The van der Waals surface area contributed by atoms with E-state index in [1.807, 2.05) is 32.0 Å². The summed E-state index contributed by atoms with van der Waals surface area (Å²) < 4.78 is 4.94. The number of rotatable bonds is 7. The minimum atomic E-state index is -0.293. The summed E-state index contributed by atoms with van der Waals surface area (Å²) in [4.78, 5) is 28.6. The molecule has 132 valence electrons. The van der Waals surface area contributed by atoms with Gasteiger partial charge in [-0.3, -0.25) is 14.6 Å². The van der Waals surface area contributed by atoms with E-state index in [1.165, 1.54) is 12.4 Å². The SMILES string of the molecule is COCCCNC(=O)c1cncc(C(=O)Nc2c(C)cccc2C)c1. The van der Waals surface area contributed by atoms with Gasteiger partial charge in [0, 0.05) is 38.3 Å². The molecule has 25 heavy (non-hydrogen) atoms. The third-order valence-electron chi connectivity index (χ3n) is 3.79. The van der Waals surface area contributed by atoms with E-state index < -0.39 is 0 Å². The lowest BCUT2D eigenvalue weighted by Crippen LogP contribution is -2.26. The first-order valence-electron chi connectivity index (χ1n) is 8.12. The van der Waals surface area contributed by atoms with Crippen molar-refractivity contribution in [3.63, 3.8) is 0 Å². The van der Waals surface area contributed by atoms with E-state index in [-0.39, 0.29) is 11.8 Å². The smallest absolute Gasteiger partial charge is 0.257 e. The third-order valence-corrected chi connectivity index (χ3v) is 3.79. The van der Waals surface area contributed by atoms with Crippen molar-refractivity contribution in [1.29, 1.82) is 0 Å². The molecule has 0 fully saturated rings. The van der Waals surface area contributed by atoms with Crippen LogP contribution in [0.15, 0.2) is 36.7 Å². The highest BCUT2D eigenvalue weighted by atomic mass is 16.5. The molecule has 0 spiro atoms. The molecule has 2 N–H and O–H groups in total. The van der Waals surface area contributed by atoms with Gasteiger partial charge >= 0.3 is 0 Å². The molecule has 1 heterocycles. The number of amides is 2. The number of benzene rings is 1. The number of hydrogen-bond acceptors (Lipinski definition) is 4. The highest BCUT2D eigenvalue weighted by molar-refractivity contribution is 6.06. The molecule has 0 saturated carbocycles. The number of nitrogens with zero attached hydrogens (tertiary/aromatic N) is 1. The number of methoxy groups -OCH3 is 1. The second-order valence-electron chi connectivity index (χ2n) is 5.79. The monoisotopic (exact) mass is 341 g/mol. The van der Waals surface area contributed by atoms with Gasteiger partial charge in [0.2, 0.25) is 0 Å². The maximum absolute atomic E-state index is 12.5. The van der Waals surface area contributed by atoms with Gasteiger partial charge in [0.25, 0.3) is 11.8 Å². The van der Waals surface area contributed by atoms with Crippen molar-refractivity contribution in [2.75, 3.05) is 25.6 Å². The Morgan fingerprint density at radius 1 is 1.08 bits per heavy atom. The molecule has 0 bridgehead atoms. The minimum Gasteiger partial charge on any atom is -0.385 e. The molecule has 2 amide bonds. The Kier molecular flexibility index (Phi) is 6.65. The molecule has 2 aromatic rings. The molecule has 6 nitrogen and oxygen atoms in total. The number of nitrogens with one attached hydrogen (secondary N) is 2. The molecule has 0 unspecified atom stereocenters. The summed E-state index contributed by atoms with van der Waals surface area (Å²) in [5.41, 5.74) is 3.43. The molecule has 1 aromatic heterocycles. The van der Waals surface area contributed by atoms with Crippen LogP contribution in [0, 0.1) is 13.8 Å². The van der Waals surface area contributed by atoms with Crippen molar-refractivity contribution < 1.29 is 14.3 Å². The Balaban J connectivity index is 2.07. The Labute approximate surface area is 147 Å². The van der Waals surface area contributed by atoms with Crippen LogP contribution in [-0.4, -0.2) is 37.1 Å². The van der Waals surface area contributed by atoms with E-state index >= 15 is 0 Å². The number of carbonyl (C=O) groups is 2. The number of aromatic nitrogens is 1. The average molecular weight is 341 g/mol. The van der Waals surface area contributed by atoms with Gasteiger partial charge in [-0.15, -0.1) is 0 Å². The fourth-order valence-corrected chi connectivity index (χ4v) is 2.41. The lowest BCUT2D eigenvalue weighted by Gasteiger charge is -2.12. The number of hydrogen-bond donors (Lipinski definition) is 2. The van der Waals surface area contributed by atoms with Gasteiger partial charge in [0.05, 0.1) is 11.1 Å². The molecule has 0 saturated heterocycles. The van der Waals surface area contributed by atoms with E-state index in [9.17, 15) is 9.59 Å². The van der Waals surface area contributed by atoms with Gasteiger partial charge in [-0.05, 0) is 37.5 Å². The molecule has 1 aromatic carbocycles. The number of ether oxygens (including phenoxy) is 1. The van der Waals surface area contributed by atoms with Crippen LogP contribution < -0.4 is 10.6 Å². The summed E-state index contributed by atoms with van der Waals surface area (Å²) in [5.74, 6) is -0.552. The predicted octanol–water partition coefficient (Wildman–Crippen LogP) is 2.72. The molecule has 0 aliphatic rings. The van der Waals surface area contributed by atoms with Crippen LogP contribution in [0.5, 0.6) is 0 Å². The van der Waals surface area contributed by atoms with Crippen LogP contribution in [0.25, 0.3) is 0 Å². The van der Waals surface area contributed by atoms with E-state index in [0.29, 0.717) is 24.3 Å². The highest BCUT2D eigenvalue weighted by Crippen LogP contribution is 2.20. The maximum Gasteiger partial charge on any atom is 0.257 e. The van der Waals surface area contributed by atoms with E-state index in [1.54, 1.807) is 13.2 Å². The van der Waals surface area contributed by atoms with Crippen LogP contribution in [0.4, 0.5) is 5.69 Å². The molecule has 0 atom stereocenters. The van der Waals surface area contributed by atoms with Crippen molar-refractivity contribution in [1.82, 2.24) is 10.3 Å². The summed E-state index contributed by atoms with van der Waals surface area (Å²) >= 11 is 0. The Bertz CT molecular complexity index is 739. The zero-order valence-corrected chi connectivity index (χ0v) is 14.8. The van der Waals surface area contributed by atoms with E-state index in [2.05, 4.69) is 15.6 Å². The number of carbonyl (C=O) groups excluding carboxylic acids is 2. The summed E-state index contributed by atoms with van der Waals surface area (Å²) in [6.45, 7) is 4.96. The second-order valence-corrected chi connectivity index (χ2v) is 5.79. The standard InChI is InChI=1S/C19H23N3O3/c1-13-6-4-7-14(2)17(13)22-19(24)16-10-15(11-20-12-16)18(23)21-8-5-9-25-3/h4,6-7,10-12H,5,8-9H2,1-3H3,(H,21,23)(H,22,24). The number of pyridine rings is 1. The molecule has 0 radical (unpaired) electrons. The summed E-state index contributed by atoms with van der Waals surface area (Å²) in [5, 5.41) is 5.67. The molecule has 0 aliphatic heterocycles. The number of anilines is 1. The predicted molar refractivity (Wildman–Crippen MR) is 96.9 cm³/mol. The van der Waals surface area contributed by atoms with E-state index in [0.717, 1.165) is 23.2 Å². The largest absolute Gasteiger partial charge is 0.385 e. The lowest BCUT2D eigenvalue weighted by molar-refractivity contribution is 0.0948. The summed E-state index contributed by atoms with van der Waals surface area (Å²) in [6, 6.07) is 7.35. The fourth-order valence-electron chi connectivity index (χ4n) is 2.41. The van der Waals surface area contributed by atoms with Crippen molar-refractivity contribution in [2.45, 2.75) is 20.3 Å². The Hall–Kier alpha value is -2.73. The van der Waals surface area contributed by atoms with Crippen molar-refractivity contribution >= 4 is 17.5 Å². The lowest BCUT2D eigenvalue weighted by atomic mass is 10.1. The van der Waals surface area contributed by atoms with Gasteiger partial charge in [0.1, 0.15) is 0 Å². The van der Waals surface area contributed by atoms with Crippen LogP contribution >= 0.6 is 0 Å². The van der Waals surface area contributed by atoms with Gasteiger partial charge in [0.15, 0.2) is 0 Å². The first-order valence-corrected chi connectivity index (χ1v) is 8.12. The fraction of sp³-hybridized carbons (Fsp3) is 0.316. The van der Waals surface area contributed by atoms with Crippen molar-refractivity contribution in [2.24, 2.45) is 0 Å². The zero-order chi connectivity index (χ0) is 18.2. The first kappa shape index (κ1) is 18.6. The van der Waals surface area contributed by atoms with Crippen LogP contribution in [0.3, 0.4) is 0 Å². The second kappa shape index (κ2) is 8.94. The first-order chi connectivity index (χ1) is 12.0. The quantitative estimate of drug-likeness (QED) is 0.759. The maximum atomic E-state index is 12.5. The normalized spacial score (nSPS) is 10.4. The van der Waals surface area contributed by atoms with Crippen LogP contribution in [-0.2, 0) is 4.74 Å². The van der Waals surface area contributed by atoms with Crippen molar-refractivity contribution in [3.05, 3.63) is 58.9 Å². The van der Waals surface area contributed by atoms with Gasteiger partial charge < -0.3 is 15.4 Å². The zero-order valence-electron chi connectivity index (χ0n) is 14.8.